The van der Waals surface area contributed by atoms with Gasteiger partial charge in [0.05, 0.1) is 0 Å². The summed E-state index contributed by atoms with van der Waals surface area (Å²) in [6, 6.07) is 8.96. The zero-order chi connectivity index (χ0) is 17.5. The second kappa shape index (κ2) is 8.24. The second-order valence-corrected chi connectivity index (χ2v) is 5.76. The van der Waals surface area contributed by atoms with Gasteiger partial charge in [-0.15, -0.1) is 0 Å². The lowest BCUT2D eigenvalue weighted by atomic mass is 10.1. The van der Waals surface area contributed by atoms with Crippen molar-refractivity contribution in [1.82, 2.24) is 10.3 Å². The van der Waals surface area contributed by atoms with Gasteiger partial charge in [0.15, 0.2) is 0 Å². The normalized spacial score (nSPS) is 10.3. The maximum absolute atomic E-state index is 12.5. The molecule has 0 aliphatic heterocycles. The highest BCUT2D eigenvalue weighted by Crippen LogP contribution is 2.20. The van der Waals surface area contributed by atoms with Gasteiger partial charge in [0, 0.05) is 24.0 Å². The van der Waals surface area contributed by atoms with Crippen LogP contribution in [0, 0.1) is 13.8 Å². The number of unbranched alkanes of at least 4 members (excludes halogenated alkanes) is 1. The van der Waals surface area contributed by atoms with Crippen molar-refractivity contribution in [3.63, 3.8) is 0 Å². The van der Waals surface area contributed by atoms with E-state index in [2.05, 4.69) is 22.5 Å². The number of carbonyl (C=O) groups is 2. The maximum Gasteiger partial charge on any atom is 0.269 e. The summed E-state index contributed by atoms with van der Waals surface area (Å²) >= 11 is 0. The molecule has 0 radical (unpaired) electrons. The number of rotatable bonds is 6. The molecule has 1 heterocycles. The van der Waals surface area contributed by atoms with Gasteiger partial charge in [0.1, 0.15) is 5.69 Å². The molecule has 0 bridgehead atoms. The van der Waals surface area contributed by atoms with E-state index >= 15 is 0 Å². The van der Waals surface area contributed by atoms with Crippen LogP contribution in [0.25, 0.3) is 0 Å². The van der Waals surface area contributed by atoms with E-state index in [4.69, 9.17) is 0 Å². The predicted octanol–water partition coefficient (Wildman–Crippen LogP) is 3.48. The first-order valence-electron chi connectivity index (χ1n) is 8.14. The number of hydrogen-bond acceptors (Lipinski definition) is 3. The third-order valence-corrected chi connectivity index (χ3v) is 3.79. The highest BCUT2D eigenvalue weighted by molar-refractivity contribution is 6.06. The summed E-state index contributed by atoms with van der Waals surface area (Å²) in [6.45, 7) is 6.56. The van der Waals surface area contributed by atoms with Crippen molar-refractivity contribution in [2.45, 2.75) is 33.6 Å². The van der Waals surface area contributed by atoms with Gasteiger partial charge in [-0.1, -0.05) is 31.5 Å². The third kappa shape index (κ3) is 4.41. The molecule has 0 fully saturated rings. The molecule has 0 spiro atoms. The number of anilines is 1. The summed E-state index contributed by atoms with van der Waals surface area (Å²) in [5.74, 6) is -0.511. The highest BCUT2D eigenvalue weighted by Gasteiger charge is 2.13. The summed E-state index contributed by atoms with van der Waals surface area (Å²) in [5, 5.41) is 5.72. The molecular weight excluding hydrogens is 302 g/mol. The highest BCUT2D eigenvalue weighted by atomic mass is 16.2. The molecular formula is C19H23N3O2. The fourth-order valence-electron chi connectivity index (χ4n) is 2.36. The first-order valence-corrected chi connectivity index (χ1v) is 8.14. The zero-order valence-electron chi connectivity index (χ0n) is 14.3. The lowest BCUT2D eigenvalue weighted by Gasteiger charge is -2.12. The minimum absolute atomic E-state index is 0.250. The Hall–Kier alpha value is -2.69. The molecule has 2 N–H and O–H groups in total. The van der Waals surface area contributed by atoms with Gasteiger partial charge in [-0.25, -0.2) is 0 Å². The van der Waals surface area contributed by atoms with E-state index in [-0.39, 0.29) is 17.5 Å². The number of aromatic nitrogens is 1. The number of pyridine rings is 1. The van der Waals surface area contributed by atoms with Crippen molar-refractivity contribution in [3.05, 3.63) is 58.9 Å². The fourth-order valence-corrected chi connectivity index (χ4v) is 2.36. The molecule has 2 rings (SSSR count). The number of benzene rings is 1. The summed E-state index contributed by atoms with van der Waals surface area (Å²) in [5.41, 5.74) is 3.45. The number of para-hydroxylation sites is 1. The van der Waals surface area contributed by atoms with E-state index in [0.29, 0.717) is 12.1 Å². The summed E-state index contributed by atoms with van der Waals surface area (Å²) < 4.78 is 0. The molecule has 5 heteroatoms. The van der Waals surface area contributed by atoms with Crippen LogP contribution >= 0.6 is 0 Å². The van der Waals surface area contributed by atoms with Gasteiger partial charge in [-0.05, 0) is 43.5 Å². The third-order valence-electron chi connectivity index (χ3n) is 3.79. The first-order chi connectivity index (χ1) is 11.5. The molecule has 0 aliphatic rings. The van der Waals surface area contributed by atoms with Crippen molar-refractivity contribution < 1.29 is 9.59 Å². The molecule has 0 saturated heterocycles. The van der Waals surface area contributed by atoms with Gasteiger partial charge in [-0.2, -0.15) is 0 Å². The topological polar surface area (TPSA) is 71.1 Å². The smallest absolute Gasteiger partial charge is 0.269 e. The Bertz CT molecular complexity index is 721. The Kier molecular flexibility index (Phi) is 6.07. The van der Waals surface area contributed by atoms with Crippen LogP contribution in [0.5, 0.6) is 0 Å². The van der Waals surface area contributed by atoms with Crippen LogP contribution < -0.4 is 10.6 Å². The van der Waals surface area contributed by atoms with Gasteiger partial charge in [0.25, 0.3) is 11.8 Å². The molecule has 2 aromatic rings. The van der Waals surface area contributed by atoms with Crippen LogP contribution in [-0.2, 0) is 0 Å². The van der Waals surface area contributed by atoms with Crippen LogP contribution in [0.2, 0.25) is 0 Å². The molecule has 0 unspecified atom stereocenters. The number of nitrogens with zero attached hydrogens (tertiary/aromatic N) is 1. The van der Waals surface area contributed by atoms with Gasteiger partial charge in [-0.3, -0.25) is 14.6 Å². The molecule has 0 atom stereocenters. The Morgan fingerprint density at radius 3 is 2.46 bits per heavy atom. The number of aryl methyl sites for hydroxylation is 2. The molecule has 126 valence electrons. The monoisotopic (exact) mass is 325 g/mol. The Morgan fingerprint density at radius 2 is 1.79 bits per heavy atom. The quantitative estimate of drug-likeness (QED) is 0.799. The zero-order valence-corrected chi connectivity index (χ0v) is 14.3. The lowest BCUT2D eigenvalue weighted by Crippen LogP contribution is -2.25. The van der Waals surface area contributed by atoms with Gasteiger partial charge in [0.2, 0.25) is 0 Å². The summed E-state index contributed by atoms with van der Waals surface area (Å²) in [4.78, 5) is 28.6. The first kappa shape index (κ1) is 17.7. The van der Waals surface area contributed by atoms with Gasteiger partial charge >= 0.3 is 0 Å². The molecule has 1 aromatic heterocycles. The molecule has 0 saturated carbocycles. The number of nitrogens with one attached hydrogen (secondary N) is 2. The van der Waals surface area contributed by atoms with Crippen LogP contribution in [0.3, 0.4) is 0 Å². The van der Waals surface area contributed by atoms with Crippen LogP contribution in [0.1, 0.15) is 51.7 Å². The lowest BCUT2D eigenvalue weighted by molar-refractivity contribution is 0.0948. The average molecular weight is 325 g/mol. The maximum atomic E-state index is 12.5. The van der Waals surface area contributed by atoms with Gasteiger partial charge < -0.3 is 10.6 Å². The van der Waals surface area contributed by atoms with E-state index in [1.54, 1.807) is 6.07 Å². The van der Waals surface area contributed by atoms with E-state index in [0.717, 1.165) is 29.7 Å². The van der Waals surface area contributed by atoms with Crippen LogP contribution in [0.4, 0.5) is 5.69 Å². The Balaban J connectivity index is 2.13. The minimum atomic E-state index is -0.259. The van der Waals surface area contributed by atoms with E-state index in [1.165, 1.54) is 12.3 Å². The van der Waals surface area contributed by atoms with Crippen molar-refractivity contribution >= 4 is 17.5 Å². The summed E-state index contributed by atoms with van der Waals surface area (Å²) in [7, 11) is 0. The fraction of sp³-hybridized carbons (Fsp3) is 0.316. The Morgan fingerprint density at radius 1 is 1.08 bits per heavy atom. The van der Waals surface area contributed by atoms with Crippen molar-refractivity contribution in [2.75, 3.05) is 11.9 Å². The average Bonchev–Trinajstić information content (AvgIpc) is 2.58. The van der Waals surface area contributed by atoms with Crippen molar-refractivity contribution in [2.24, 2.45) is 0 Å². The van der Waals surface area contributed by atoms with Crippen molar-refractivity contribution in [3.8, 4) is 0 Å². The van der Waals surface area contributed by atoms with E-state index in [1.807, 2.05) is 32.0 Å². The molecule has 0 aliphatic carbocycles. The molecule has 2 amide bonds. The molecule has 24 heavy (non-hydrogen) atoms. The Labute approximate surface area is 142 Å². The van der Waals surface area contributed by atoms with E-state index < -0.39 is 0 Å². The van der Waals surface area contributed by atoms with Crippen LogP contribution in [0.15, 0.2) is 36.5 Å². The SMILES string of the molecule is CCCCNC(=O)c1cc(C(=O)Nc2c(C)cccc2C)ccn1. The molecule has 5 nitrogen and oxygen atoms in total. The standard InChI is InChI=1S/C19H23N3O2/c1-4-5-10-21-19(24)16-12-15(9-11-20-16)18(23)22-17-13(2)7-6-8-14(17)3/h6-9,11-12H,4-5,10H2,1-3H3,(H,21,24)(H,22,23). The van der Waals surface area contributed by atoms with Crippen molar-refractivity contribution in [1.29, 1.82) is 0 Å². The summed E-state index contributed by atoms with van der Waals surface area (Å²) in [6.07, 6.45) is 3.40. The molecule has 1 aromatic carbocycles. The minimum Gasteiger partial charge on any atom is -0.351 e. The van der Waals surface area contributed by atoms with E-state index in [9.17, 15) is 9.59 Å². The van der Waals surface area contributed by atoms with Crippen LogP contribution in [-0.4, -0.2) is 23.3 Å². The number of carbonyl (C=O) groups excluding carboxylic acids is 2. The largest absolute Gasteiger partial charge is 0.351 e. The number of amides is 2. The number of hydrogen-bond donors (Lipinski definition) is 2. The second-order valence-electron chi connectivity index (χ2n) is 5.76. The predicted molar refractivity (Wildman–Crippen MR) is 95.3 cm³/mol.